The van der Waals surface area contributed by atoms with Gasteiger partial charge in [0.1, 0.15) is 21.2 Å². The van der Waals surface area contributed by atoms with Gasteiger partial charge < -0.3 is 31.9 Å². The van der Waals surface area contributed by atoms with Gasteiger partial charge in [-0.25, -0.2) is 14.4 Å². The molecule has 4 aromatic carbocycles. The fourth-order valence-corrected chi connectivity index (χ4v) is 5.91. The molecule has 254 valence electrons. The molecule has 0 bridgehead atoms. The molecular weight excluding hydrogens is 708 g/mol. The van der Waals surface area contributed by atoms with Crippen molar-refractivity contribution in [1.82, 2.24) is 0 Å². The van der Waals surface area contributed by atoms with Crippen molar-refractivity contribution in [3.05, 3.63) is 71.3 Å². The van der Waals surface area contributed by atoms with E-state index in [4.69, 9.17) is 21.7 Å². The second kappa shape index (κ2) is 13.2. The number of phenols is 1. The number of hydrogen-bond donors (Lipinski definition) is 9. The predicted molar refractivity (Wildman–Crippen MR) is 162 cm³/mol. The summed E-state index contributed by atoms with van der Waals surface area (Å²) in [6.07, 6.45) is 0. The normalized spacial score (nSPS) is 12.0. The Morgan fingerprint density at radius 2 is 1.15 bits per heavy atom. The van der Waals surface area contributed by atoms with E-state index in [-0.39, 0.29) is 34.3 Å². The molecule has 0 spiro atoms. The van der Waals surface area contributed by atoms with Crippen LogP contribution in [-0.4, -0.2) is 77.2 Å². The molecule has 48 heavy (non-hydrogen) atoms. The van der Waals surface area contributed by atoms with Crippen molar-refractivity contribution in [3.63, 3.8) is 0 Å². The summed E-state index contributed by atoms with van der Waals surface area (Å²) in [5, 5.41) is 42.6. The summed E-state index contributed by atoms with van der Waals surface area (Å²) in [6.45, 7) is 0. The van der Waals surface area contributed by atoms with E-state index in [0.717, 1.165) is 18.2 Å². The van der Waals surface area contributed by atoms with E-state index in [1.807, 2.05) is 0 Å². The van der Waals surface area contributed by atoms with Crippen LogP contribution in [0.15, 0.2) is 79.5 Å². The molecule has 0 radical (unpaired) electrons. The summed E-state index contributed by atoms with van der Waals surface area (Å²) >= 11 is 0. The van der Waals surface area contributed by atoms with Gasteiger partial charge in [0, 0.05) is 16.8 Å². The van der Waals surface area contributed by atoms with Crippen LogP contribution in [0, 0.1) is 0 Å². The fourth-order valence-electron chi connectivity index (χ4n) is 3.88. The Hall–Kier alpha value is -5.72. The summed E-state index contributed by atoms with van der Waals surface area (Å²) < 4.78 is 99.1. The Bertz CT molecular complexity index is 2360. The minimum atomic E-state index is -5.30. The molecule has 0 aliphatic rings. The zero-order chi connectivity index (χ0) is 36.5. The number of carbonyl (C=O) groups is 3. The highest BCUT2D eigenvalue weighted by molar-refractivity contribution is 7.87. The van der Waals surface area contributed by atoms with Gasteiger partial charge in [-0.15, -0.1) is 10.2 Å². The lowest BCUT2D eigenvalue weighted by Crippen LogP contribution is -2.06. The van der Waals surface area contributed by atoms with Crippen molar-refractivity contribution in [1.29, 1.82) is 0 Å². The first-order valence-electron chi connectivity index (χ1n) is 12.1. The number of phenolic OH excluding ortho intramolecular Hbond substituents is 1. The summed E-state index contributed by atoms with van der Waals surface area (Å²) in [4.78, 5) is 28.8. The number of hydrogen-bond acceptors (Lipinski definition) is 14. The lowest BCUT2D eigenvalue weighted by molar-refractivity contribution is 0.0682. The second-order valence-electron chi connectivity index (χ2n) is 9.25. The smallest absolute Gasteiger partial charge is 0.338 e. The van der Waals surface area contributed by atoms with Crippen LogP contribution in [0.5, 0.6) is 5.75 Å². The van der Waals surface area contributed by atoms with E-state index in [9.17, 15) is 63.5 Å². The van der Waals surface area contributed by atoms with Crippen molar-refractivity contribution in [2.45, 2.75) is 14.7 Å². The van der Waals surface area contributed by atoms with Gasteiger partial charge in [0.2, 0.25) is 0 Å². The van der Waals surface area contributed by atoms with Gasteiger partial charge in [-0.1, -0.05) is 0 Å². The molecule has 11 N–H and O–H groups in total. The zero-order valence-corrected chi connectivity index (χ0v) is 25.7. The molecule has 0 amide bonds. The Morgan fingerprint density at radius 3 is 1.60 bits per heavy atom. The van der Waals surface area contributed by atoms with E-state index in [2.05, 4.69) is 10.2 Å². The number of aromatic hydroxyl groups is 1. The Morgan fingerprint density at radius 1 is 0.604 bits per heavy atom. The first-order valence-corrected chi connectivity index (χ1v) is 16.4. The van der Waals surface area contributed by atoms with Crippen molar-refractivity contribution in [2.75, 3.05) is 11.5 Å². The second-order valence-corrected chi connectivity index (χ2v) is 13.5. The van der Waals surface area contributed by atoms with Gasteiger partial charge >= 0.3 is 17.9 Å². The minimum Gasteiger partial charge on any atom is -0.505 e. The average molecular weight is 729 g/mol. The quantitative estimate of drug-likeness (QED) is 0.0714. The first kappa shape index (κ1) is 36.7. The molecule has 0 fully saturated rings. The highest BCUT2D eigenvalue weighted by Crippen LogP contribution is 2.44. The third-order valence-electron chi connectivity index (χ3n) is 5.90. The summed E-state index contributed by atoms with van der Waals surface area (Å²) in [7, 11) is -15.6. The van der Waals surface area contributed by atoms with Crippen LogP contribution in [0.1, 0.15) is 31.1 Å². The van der Waals surface area contributed by atoms with Crippen molar-refractivity contribution in [2.24, 2.45) is 10.2 Å². The first-order chi connectivity index (χ1) is 21.9. The largest absolute Gasteiger partial charge is 0.505 e. The maximum Gasteiger partial charge on any atom is 0.338 e. The van der Waals surface area contributed by atoms with Crippen LogP contribution >= 0.6 is 0 Å². The third kappa shape index (κ3) is 8.35. The lowest BCUT2D eigenvalue weighted by Gasteiger charge is -2.12. The van der Waals surface area contributed by atoms with Crippen molar-refractivity contribution >= 4 is 81.8 Å². The standard InChI is InChI=1S/C17H13N3O12S3.C8H7NO4/c18-8-1-2-11(10(5-8)17(22)23)19-20-15-13(35(30,31)32)4-7-3-9(33(24,25)26)6-12(34(27,28)29)14(7)16(15)21;9-6-2-4(7(10)11)1-5(3-6)8(12)13/h1-6,21H,18H2,(H,22,23)(H,24,25,26)(H,27,28,29)(H,30,31,32);1-3H,9H2,(H,10,11)(H,12,13). The molecule has 23 heteroatoms. The number of nitrogen functional groups attached to an aromatic ring is 2. The van der Waals surface area contributed by atoms with Gasteiger partial charge in [-0.2, -0.15) is 25.3 Å². The summed E-state index contributed by atoms with van der Waals surface area (Å²) in [5.41, 5.74) is 8.76. The van der Waals surface area contributed by atoms with Crippen molar-refractivity contribution < 1.29 is 73.7 Å². The number of nitrogens with zero attached hydrogens (tertiary/aromatic N) is 2. The highest BCUT2D eigenvalue weighted by Gasteiger charge is 2.28. The topological polar surface area (TPSA) is 372 Å². The zero-order valence-electron chi connectivity index (χ0n) is 23.3. The number of azo groups is 1. The monoisotopic (exact) mass is 728 g/mol. The lowest BCUT2D eigenvalue weighted by atomic mass is 10.1. The molecular formula is C25H20N4O16S3. The van der Waals surface area contributed by atoms with Gasteiger partial charge in [0.15, 0.2) is 5.75 Å². The molecule has 0 saturated heterocycles. The molecule has 0 aromatic heterocycles. The molecule has 0 saturated carbocycles. The molecule has 0 aliphatic carbocycles. The van der Waals surface area contributed by atoms with Crippen LogP contribution in [0.25, 0.3) is 10.8 Å². The maximum atomic E-state index is 11.9. The molecule has 0 unspecified atom stereocenters. The number of fused-ring (bicyclic) bond motifs is 1. The highest BCUT2D eigenvalue weighted by atomic mass is 32.2. The molecule has 4 aromatic rings. The molecule has 0 atom stereocenters. The van der Waals surface area contributed by atoms with Crippen LogP contribution < -0.4 is 11.5 Å². The van der Waals surface area contributed by atoms with Crippen molar-refractivity contribution in [3.8, 4) is 5.75 Å². The molecule has 0 heterocycles. The van der Waals surface area contributed by atoms with E-state index in [0.29, 0.717) is 12.1 Å². The minimum absolute atomic E-state index is 0.0287. The SMILES string of the molecule is Nc1cc(C(=O)O)cc(C(=O)O)c1.Nc1ccc(N=Nc2c(S(=O)(=O)O)cc3cc(S(=O)(=O)O)cc(S(=O)(=O)O)c3c2O)c(C(=O)O)c1. The number of anilines is 2. The number of aromatic carboxylic acids is 3. The third-order valence-corrected chi connectivity index (χ3v) is 8.48. The molecule has 0 aliphatic heterocycles. The van der Waals surface area contributed by atoms with Gasteiger partial charge in [-0.05, 0) is 60.0 Å². The maximum absolute atomic E-state index is 11.9. The fraction of sp³-hybridized carbons (Fsp3) is 0. The number of benzene rings is 4. The number of rotatable bonds is 8. The van der Waals surface area contributed by atoms with Crippen LogP contribution in [0.4, 0.5) is 22.7 Å². The Kier molecular flexibility index (Phi) is 10.1. The number of carboxylic acids is 3. The summed E-state index contributed by atoms with van der Waals surface area (Å²) in [5.74, 6) is -5.21. The predicted octanol–water partition coefficient (Wildman–Crippen LogP) is 2.65. The van der Waals surface area contributed by atoms with E-state index >= 15 is 0 Å². The van der Waals surface area contributed by atoms with Crippen LogP contribution in [-0.2, 0) is 30.4 Å². The van der Waals surface area contributed by atoms with E-state index in [1.165, 1.54) is 18.2 Å². The summed E-state index contributed by atoms with van der Waals surface area (Å²) in [6, 6.07) is 8.08. The van der Waals surface area contributed by atoms with Crippen LogP contribution in [0.2, 0.25) is 0 Å². The van der Waals surface area contributed by atoms with E-state index < -0.39 is 90.7 Å². The number of carboxylic acid groups (broad SMARTS) is 3. The van der Waals surface area contributed by atoms with Gasteiger partial charge in [0.05, 0.1) is 21.6 Å². The van der Waals surface area contributed by atoms with Gasteiger partial charge in [-0.3, -0.25) is 13.7 Å². The Balaban J connectivity index is 0.000000402. The van der Waals surface area contributed by atoms with Gasteiger partial charge in [0.25, 0.3) is 30.4 Å². The number of nitrogens with two attached hydrogens (primary N) is 2. The Labute approximate surface area is 268 Å². The average Bonchev–Trinajstić information content (AvgIpc) is 2.94. The van der Waals surface area contributed by atoms with E-state index in [1.54, 1.807) is 0 Å². The van der Waals surface area contributed by atoms with Crippen LogP contribution in [0.3, 0.4) is 0 Å². The molecule has 20 nitrogen and oxygen atoms in total. The molecule has 4 rings (SSSR count).